The van der Waals surface area contributed by atoms with Crippen LogP contribution in [0.15, 0.2) is 12.2 Å². The van der Waals surface area contributed by atoms with Gasteiger partial charge in [0.1, 0.15) is 0 Å². The SMILES string of the molecule is CCCCCCCCCCCCC/C=C/[C@@H](O)[C@H](N)COP(=O)(O)O. The third-order valence-electron chi connectivity index (χ3n) is 4.18. The Kier molecular flexibility index (Phi) is 15.8. The van der Waals surface area contributed by atoms with Crippen molar-refractivity contribution in [1.29, 1.82) is 0 Å². The molecule has 25 heavy (non-hydrogen) atoms. The highest BCUT2D eigenvalue weighted by Gasteiger charge is 2.19. The average Bonchev–Trinajstić information content (AvgIpc) is 2.56. The van der Waals surface area contributed by atoms with Crippen LogP contribution in [-0.2, 0) is 9.09 Å². The van der Waals surface area contributed by atoms with Crippen molar-refractivity contribution in [3.05, 3.63) is 12.2 Å². The number of nitrogens with two attached hydrogens (primary N) is 1. The molecule has 150 valence electrons. The minimum absolute atomic E-state index is 0.381. The summed E-state index contributed by atoms with van der Waals surface area (Å²) in [5.74, 6) is 0. The summed E-state index contributed by atoms with van der Waals surface area (Å²) in [4.78, 5) is 17.2. The molecule has 0 saturated carbocycles. The van der Waals surface area contributed by atoms with E-state index in [1.807, 2.05) is 6.08 Å². The number of unbranched alkanes of at least 4 members (excludes halogenated alkanes) is 11. The van der Waals surface area contributed by atoms with Crippen molar-refractivity contribution in [3.63, 3.8) is 0 Å². The molecule has 0 saturated heterocycles. The second kappa shape index (κ2) is 16.0. The molecule has 5 N–H and O–H groups in total. The van der Waals surface area contributed by atoms with E-state index in [-0.39, 0.29) is 6.61 Å². The first-order valence-electron chi connectivity index (χ1n) is 9.67. The standard InChI is InChI=1S/C18H38NO5P/c1-2-3-4-5-6-7-8-9-10-11-12-13-14-15-18(20)17(19)16-24-25(21,22)23/h14-15,17-18,20H,2-13,16,19H2,1H3,(H2,21,22,23)/b15-14+/t17-,18-/m1/s1. The Hall–Kier alpha value is -0.230. The van der Waals surface area contributed by atoms with Gasteiger partial charge in [0.25, 0.3) is 0 Å². The molecule has 0 aromatic carbocycles. The summed E-state index contributed by atoms with van der Waals surface area (Å²) < 4.78 is 14.8. The number of rotatable bonds is 17. The Balaban J connectivity index is 3.46. The summed E-state index contributed by atoms with van der Waals surface area (Å²) in [6.45, 7) is 1.86. The summed E-state index contributed by atoms with van der Waals surface area (Å²) in [6, 6.07) is -0.846. The molecule has 0 rings (SSSR count). The van der Waals surface area contributed by atoms with E-state index in [1.165, 1.54) is 64.2 Å². The number of allylic oxidation sites excluding steroid dienone is 1. The van der Waals surface area contributed by atoms with Crippen molar-refractivity contribution in [3.8, 4) is 0 Å². The maximum absolute atomic E-state index is 10.6. The highest BCUT2D eigenvalue weighted by Crippen LogP contribution is 2.35. The fourth-order valence-corrected chi connectivity index (χ4v) is 2.95. The number of aliphatic hydroxyl groups is 1. The summed E-state index contributed by atoms with van der Waals surface area (Å²) in [5, 5.41) is 9.75. The van der Waals surface area contributed by atoms with Gasteiger partial charge in [-0.05, 0) is 12.8 Å². The van der Waals surface area contributed by atoms with E-state index in [0.717, 1.165) is 12.8 Å². The van der Waals surface area contributed by atoms with Crippen molar-refractivity contribution < 1.29 is 24.0 Å². The lowest BCUT2D eigenvalue weighted by Crippen LogP contribution is -2.37. The van der Waals surface area contributed by atoms with E-state index >= 15 is 0 Å². The zero-order valence-electron chi connectivity index (χ0n) is 15.7. The Morgan fingerprint density at radius 3 is 1.92 bits per heavy atom. The van der Waals surface area contributed by atoms with Crippen LogP contribution < -0.4 is 5.73 Å². The zero-order valence-corrected chi connectivity index (χ0v) is 16.6. The Morgan fingerprint density at radius 1 is 0.960 bits per heavy atom. The number of phosphoric acid groups is 1. The molecule has 2 atom stereocenters. The molecule has 7 heteroatoms. The van der Waals surface area contributed by atoms with Crippen LogP contribution in [0.4, 0.5) is 0 Å². The third kappa shape index (κ3) is 18.4. The fraction of sp³-hybridized carbons (Fsp3) is 0.889. The van der Waals surface area contributed by atoms with Crippen LogP contribution in [-0.4, -0.2) is 33.6 Å². The lowest BCUT2D eigenvalue weighted by atomic mass is 10.0. The van der Waals surface area contributed by atoms with Crippen LogP contribution in [0, 0.1) is 0 Å². The summed E-state index contributed by atoms with van der Waals surface area (Å²) >= 11 is 0. The molecule has 0 radical (unpaired) electrons. The first kappa shape index (κ1) is 24.8. The minimum atomic E-state index is -4.53. The van der Waals surface area contributed by atoms with Crippen molar-refractivity contribution in [2.45, 2.75) is 96.1 Å². The normalized spacial score (nSPS) is 14.9. The van der Waals surface area contributed by atoms with Crippen LogP contribution in [0.2, 0.25) is 0 Å². The largest absolute Gasteiger partial charge is 0.469 e. The molecule has 0 fully saturated rings. The molecule has 0 aromatic heterocycles. The summed E-state index contributed by atoms with van der Waals surface area (Å²) in [5.41, 5.74) is 5.60. The van der Waals surface area contributed by atoms with Crippen molar-refractivity contribution in [1.82, 2.24) is 0 Å². The molecule has 0 unspecified atom stereocenters. The number of phosphoric ester groups is 1. The van der Waals surface area contributed by atoms with Gasteiger partial charge in [0, 0.05) is 0 Å². The smallest absolute Gasteiger partial charge is 0.387 e. The van der Waals surface area contributed by atoms with Gasteiger partial charge in [0.05, 0.1) is 18.8 Å². The van der Waals surface area contributed by atoms with Crippen molar-refractivity contribution >= 4 is 7.82 Å². The Labute approximate surface area is 153 Å². The van der Waals surface area contributed by atoms with Gasteiger partial charge in [-0.2, -0.15) is 0 Å². The fourth-order valence-electron chi connectivity index (χ4n) is 2.59. The highest BCUT2D eigenvalue weighted by atomic mass is 31.2. The van der Waals surface area contributed by atoms with Crippen LogP contribution in [0.3, 0.4) is 0 Å². The van der Waals surface area contributed by atoms with Gasteiger partial charge in [-0.15, -0.1) is 0 Å². The maximum Gasteiger partial charge on any atom is 0.469 e. The van der Waals surface area contributed by atoms with E-state index in [2.05, 4.69) is 11.4 Å². The molecule has 0 amide bonds. The molecule has 0 spiro atoms. The molecule has 0 aliphatic heterocycles. The summed E-state index contributed by atoms with van der Waals surface area (Å²) in [6.07, 6.45) is 17.6. The molecule has 0 bridgehead atoms. The van der Waals surface area contributed by atoms with E-state index in [9.17, 15) is 9.67 Å². The topological polar surface area (TPSA) is 113 Å². The van der Waals surface area contributed by atoms with Gasteiger partial charge in [0.15, 0.2) is 0 Å². The Bertz CT molecular complexity index is 372. The molecule has 0 aromatic rings. The number of hydrogen-bond donors (Lipinski definition) is 4. The third-order valence-corrected chi connectivity index (χ3v) is 4.67. The van der Waals surface area contributed by atoms with Gasteiger partial charge >= 0.3 is 7.82 Å². The van der Waals surface area contributed by atoms with Crippen LogP contribution >= 0.6 is 7.82 Å². The highest BCUT2D eigenvalue weighted by molar-refractivity contribution is 7.46. The van der Waals surface area contributed by atoms with Gasteiger partial charge < -0.3 is 20.6 Å². The lowest BCUT2D eigenvalue weighted by Gasteiger charge is -2.15. The average molecular weight is 379 g/mol. The minimum Gasteiger partial charge on any atom is -0.387 e. The first-order valence-corrected chi connectivity index (χ1v) is 11.2. The first-order chi connectivity index (χ1) is 11.9. The predicted molar refractivity (Wildman–Crippen MR) is 102 cm³/mol. The van der Waals surface area contributed by atoms with Gasteiger partial charge in [0.2, 0.25) is 0 Å². The zero-order chi connectivity index (χ0) is 19.0. The second-order valence-corrected chi connectivity index (χ2v) is 7.93. The van der Waals surface area contributed by atoms with Crippen molar-refractivity contribution in [2.24, 2.45) is 5.73 Å². The molecule has 6 nitrogen and oxygen atoms in total. The summed E-state index contributed by atoms with van der Waals surface area (Å²) in [7, 11) is -4.53. The maximum atomic E-state index is 10.6. The molecular weight excluding hydrogens is 341 g/mol. The van der Waals surface area contributed by atoms with Gasteiger partial charge in [-0.3, -0.25) is 4.52 Å². The predicted octanol–water partition coefficient (Wildman–Crippen LogP) is 4.04. The molecule has 0 heterocycles. The van der Waals surface area contributed by atoms with E-state index < -0.39 is 20.0 Å². The van der Waals surface area contributed by atoms with E-state index in [0.29, 0.717) is 0 Å². The molecular formula is C18H38NO5P. The van der Waals surface area contributed by atoms with E-state index in [4.69, 9.17) is 15.5 Å². The quantitative estimate of drug-likeness (QED) is 0.172. The lowest BCUT2D eigenvalue weighted by molar-refractivity contribution is 0.129. The van der Waals surface area contributed by atoms with Gasteiger partial charge in [-0.25, -0.2) is 4.57 Å². The number of aliphatic hydroxyl groups excluding tert-OH is 1. The van der Waals surface area contributed by atoms with Crippen LogP contribution in [0.25, 0.3) is 0 Å². The van der Waals surface area contributed by atoms with Gasteiger partial charge in [-0.1, -0.05) is 83.3 Å². The van der Waals surface area contributed by atoms with E-state index in [1.54, 1.807) is 6.08 Å². The molecule has 0 aliphatic carbocycles. The monoisotopic (exact) mass is 379 g/mol. The van der Waals surface area contributed by atoms with Crippen LogP contribution in [0.1, 0.15) is 84.0 Å². The molecule has 0 aliphatic rings. The second-order valence-electron chi connectivity index (χ2n) is 6.69. The Morgan fingerprint density at radius 2 is 1.44 bits per heavy atom. The van der Waals surface area contributed by atoms with Crippen LogP contribution in [0.5, 0.6) is 0 Å². The van der Waals surface area contributed by atoms with Crippen molar-refractivity contribution in [2.75, 3.05) is 6.61 Å². The number of hydrogen-bond acceptors (Lipinski definition) is 4.